The van der Waals surface area contributed by atoms with Crippen molar-refractivity contribution in [3.63, 3.8) is 0 Å². The minimum atomic E-state index is -0.732. The molecule has 0 spiro atoms. The predicted octanol–water partition coefficient (Wildman–Crippen LogP) is 4.37. The molecule has 0 bridgehead atoms. The molecule has 9 nitrogen and oxygen atoms in total. The smallest absolute Gasteiger partial charge is 0.349 e. The molecule has 1 aromatic heterocycles. The van der Waals surface area contributed by atoms with Crippen molar-refractivity contribution in [1.82, 2.24) is 9.66 Å². The average Bonchev–Trinajstić information content (AvgIpc) is 2.78. The zero-order chi connectivity index (χ0) is 23.5. The highest BCUT2D eigenvalue weighted by Crippen LogP contribution is 2.29. The Labute approximate surface area is 195 Å². The number of benzene rings is 3. The van der Waals surface area contributed by atoms with E-state index in [1.165, 1.54) is 24.4 Å². The Bertz CT molecular complexity index is 1530. The number of halogens is 2. The number of aromatic amines is 1. The van der Waals surface area contributed by atoms with Gasteiger partial charge in [0.15, 0.2) is 5.75 Å². The Morgan fingerprint density at radius 2 is 1.88 bits per heavy atom. The summed E-state index contributed by atoms with van der Waals surface area (Å²) in [5, 5.41) is 16.6. The molecular weight excluding hydrogens is 471 g/mol. The molecule has 0 amide bonds. The number of nitro groups is 1. The summed E-state index contributed by atoms with van der Waals surface area (Å²) in [5.74, 6) is 0.0175. The first-order valence-corrected chi connectivity index (χ1v) is 10.2. The lowest BCUT2D eigenvalue weighted by Gasteiger charge is -2.09. The first-order valence-electron chi connectivity index (χ1n) is 9.47. The average molecular weight is 485 g/mol. The fraction of sp³-hybridized carbons (Fsp3) is 0.0455. The fourth-order valence-electron chi connectivity index (χ4n) is 3.06. The van der Waals surface area contributed by atoms with Gasteiger partial charge in [0.05, 0.1) is 22.0 Å². The van der Waals surface area contributed by atoms with Crippen molar-refractivity contribution in [3.05, 3.63) is 113 Å². The number of hydrogen-bond donors (Lipinski definition) is 1. The third-order valence-electron chi connectivity index (χ3n) is 4.68. The van der Waals surface area contributed by atoms with Crippen molar-refractivity contribution in [1.29, 1.82) is 0 Å². The van der Waals surface area contributed by atoms with Crippen LogP contribution in [0.4, 0.5) is 5.69 Å². The van der Waals surface area contributed by atoms with Crippen LogP contribution >= 0.6 is 23.2 Å². The van der Waals surface area contributed by atoms with Crippen molar-refractivity contribution in [2.75, 3.05) is 0 Å². The highest BCUT2D eigenvalue weighted by molar-refractivity contribution is 6.35. The molecule has 3 aromatic carbocycles. The largest absolute Gasteiger partial charge is 0.482 e. The second-order valence-corrected chi connectivity index (χ2v) is 7.69. The van der Waals surface area contributed by atoms with E-state index in [2.05, 4.69) is 10.1 Å². The Balaban J connectivity index is 1.62. The van der Waals surface area contributed by atoms with Crippen LogP contribution in [0.25, 0.3) is 10.9 Å². The van der Waals surface area contributed by atoms with E-state index in [0.717, 1.165) is 0 Å². The zero-order valence-corrected chi connectivity index (χ0v) is 18.2. The van der Waals surface area contributed by atoms with Crippen LogP contribution in [0.15, 0.2) is 75.4 Å². The van der Waals surface area contributed by atoms with E-state index in [1.54, 1.807) is 42.5 Å². The van der Waals surface area contributed by atoms with Gasteiger partial charge >= 0.3 is 11.4 Å². The van der Waals surface area contributed by atoms with Gasteiger partial charge in [0.1, 0.15) is 6.61 Å². The van der Waals surface area contributed by atoms with Crippen LogP contribution in [0, 0.1) is 10.1 Å². The molecule has 0 saturated heterocycles. The number of nitrogens with one attached hydrogen (secondary N) is 1. The molecule has 0 unspecified atom stereocenters. The summed E-state index contributed by atoms with van der Waals surface area (Å²) in [6, 6.07) is 15.5. The lowest BCUT2D eigenvalue weighted by molar-refractivity contribution is -0.385. The standard InChI is InChI=1S/C22H14Cl2N4O5/c23-15-7-6-14(17(24)10-15)12-33-20-8-5-13(9-19(20)28(31)32)11-25-27-21(29)16-3-1-2-4-18(16)26-22(27)30/h1-11H,12H2,(H,26,30). The summed E-state index contributed by atoms with van der Waals surface area (Å²) in [5.41, 5.74) is -0.376. The number of nitrogens with zero attached hydrogens (tertiary/aromatic N) is 3. The Hall–Kier alpha value is -3.95. The number of ether oxygens (including phenoxy) is 1. The predicted molar refractivity (Wildman–Crippen MR) is 126 cm³/mol. The van der Waals surface area contributed by atoms with Crippen molar-refractivity contribution >= 4 is 46.0 Å². The summed E-state index contributed by atoms with van der Waals surface area (Å²) in [4.78, 5) is 38.3. The van der Waals surface area contributed by atoms with E-state index < -0.39 is 16.2 Å². The van der Waals surface area contributed by atoms with Crippen LogP contribution < -0.4 is 16.0 Å². The molecule has 0 aliphatic carbocycles. The van der Waals surface area contributed by atoms with Gasteiger partial charge in [-0.05, 0) is 36.4 Å². The normalized spacial score (nSPS) is 11.2. The number of hydrogen-bond acceptors (Lipinski definition) is 6. The number of aromatic nitrogens is 2. The molecule has 33 heavy (non-hydrogen) atoms. The number of H-pyrrole nitrogens is 1. The molecule has 166 valence electrons. The molecule has 0 saturated carbocycles. The molecule has 0 radical (unpaired) electrons. The van der Waals surface area contributed by atoms with Gasteiger partial charge in [-0.25, -0.2) is 4.79 Å². The van der Waals surface area contributed by atoms with Crippen LogP contribution in [0.2, 0.25) is 10.0 Å². The molecule has 0 aliphatic rings. The molecule has 4 rings (SSSR count). The molecule has 0 atom stereocenters. The van der Waals surface area contributed by atoms with Crippen LogP contribution in [0.3, 0.4) is 0 Å². The van der Waals surface area contributed by atoms with E-state index in [0.29, 0.717) is 25.8 Å². The number of nitro benzene ring substituents is 1. The van der Waals surface area contributed by atoms with Crippen LogP contribution in [0.5, 0.6) is 5.75 Å². The summed E-state index contributed by atoms with van der Waals surface area (Å²) >= 11 is 12.0. The Morgan fingerprint density at radius 3 is 2.64 bits per heavy atom. The minimum Gasteiger partial charge on any atom is -0.482 e. The summed E-state index contributed by atoms with van der Waals surface area (Å²) in [7, 11) is 0. The summed E-state index contributed by atoms with van der Waals surface area (Å²) < 4.78 is 6.24. The minimum absolute atomic E-state index is 0.00780. The molecule has 0 aliphatic heterocycles. The van der Waals surface area contributed by atoms with Crippen molar-refractivity contribution in [2.45, 2.75) is 6.61 Å². The SMILES string of the molecule is O=c1[nH]c2ccccc2c(=O)n1N=Cc1ccc(OCc2ccc(Cl)cc2Cl)c([N+](=O)[O-])c1. The molecule has 11 heteroatoms. The number of fused-ring (bicyclic) bond motifs is 1. The maximum atomic E-state index is 12.6. The van der Waals surface area contributed by atoms with Gasteiger partial charge < -0.3 is 9.72 Å². The second kappa shape index (κ2) is 9.27. The van der Waals surface area contributed by atoms with E-state index in [-0.39, 0.29) is 29.0 Å². The maximum absolute atomic E-state index is 12.6. The molecule has 0 fully saturated rings. The van der Waals surface area contributed by atoms with E-state index >= 15 is 0 Å². The molecule has 1 heterocycles. The topological polar surface area (TPSA) is 120 Å². The first kappa shape index (κ1) is 22.3. The summed E-state index contributed by atoms with van der Waals surface area (Å²) in [6.07, 6.45) is 1.18. The second-order valence-electron chi connectivity index (χ2n) is 6.85. The molecule has 1 N–H and O–H groups in total. The van der Waals surface area contributed by atoms with Gasteiger partial charge in [0.2, 0.25) is 0 Å². The monoisotopic (exact) mass is 484 g/mol. The van der Waals surface area contributed by atoms with Crippen molar-refractivity contribution in [3.8, 4) is 5.75 Å². The third-order valence-corrected chi connectivity index (χ3v) is 5.27. The lowest BCUT2D eigenvalue weighted by Crippen LogP contribution is -2.32. The van der Waals surface area contributed by atoms with Gasteiger partial charge in [0, 0.05) is 27.2 Å². The highest BCUT2D eigenvalue weighted by Gasteiger charge is 2.16. The highest BCUT2D eigenvalue weighted by atomic mass is 35.5. The zero-order valence-electron chi connectivity index (χ0n) is 16.7. The first-order chi connectivity index (χ1) is 15.8. The number of rotatable bonds is 6. The quantitative estimate of drug-likeness (QED) is 0.247. The van der Waals surface area contributed by atoms with Gasteiger partial charge in [-0.2, -0.15) is 5.10 Å². The molecule has 4 aromatic rings. The van der Waals surface area contributed by atoms with Crippen molar-refractivity contribution < 1.29 is 9.66 Å². The van der Waals surface area contributed by atoms with Crippen LogP contribution in [0.1, 0.15) is 11.1 Å². The van der Waals surface area contributed by atoms with E-state index in [1.807, 2.05) is 0 Å². The van der Waals surface area contributed by atoms with Crippen molar-refractivity contribution in [2.24, 2.45) is 5.10 Å². The number of para-hydroxylation sites is 1. The lowest BCUT2D eigenvalue weighted by atomic mass is 10.2. The van der Waals surface area contributed by atoms with Gasteiger partial charge in [-0.15, -0.1) is 4.68 Å². The molecular formula is C22H14Cl2N4O5. The third kappa shape index (κ3) is 4.79. The maximum Gasteiger partial charge on any atom is 0.349 e. The van der Waals surface area contributed by atoms with Gasteiger partial charge in [-0.3, -0.25) is 14.9 Å². The summed E-state index contributed by atoms with van der Waals surface area (Å²) in [6.45, 7) is -0.00780. The van der Waals surface area contributed by atoms with Crippen LogP contribution in [-0.4, -0.2) is 20.8 Å². The van der Waals surface area contributed by atoms with Crippen LogP contribution in [-0.2, 0) is 6.61 Å². The van der Waals surface area contributed by atoms with E-state index in [9.17, 15) is 19.7 Å². The van der Waals surface area contributed by atoms with Gasteiger partial charge in [0.25, 0.3) is 5.56 Å². The fourth-order valence-corrected chi connectivity index (χ4v) is 3.52. The Morgan fingerprint density at radius 1 is 1.09 bits per heavy atom. The Kier molecular flexibility index (Phi) is 6.25. The van der Waals surface area contributed by atoms with Gasteiger partial charge in [-0.1, -0.05) is 41.4 Å². The van der Waals surface area contributed by atoms with E-state index in [4.69, 9.17) is 27.9 Å².